The number of hydrogen-bond acceptors (Lipinski definition) is 5. The fourth-order valence-corrected chi connectivity index (χ4v) is 2.10. The number of phenols is 1. The number of halogens is 1. The topological polar surface area (TPSA) is 80.2 Å². The van der Waals surface area contributed by atoms with Crippen molar-refractivity contribution in [1.82, 2.24) is 5.43 Å². The summed E-state index contributed by atoms with van der Waals surface area (Å²) < 4.78 is 10.6. The van der Waals surface area contributed by atoms with E-state index in [1.165, 1.54) is 25.5 Å². The normalized spacial score (nSPS) is 10.5. The number of phenolic OH excluding ortho intramolecular Hbond substituents is 1. The monoisotopic (exact) mass is 360 g/mol. The number of rotatable bonds is 7. The van der Waals surface area contributed by atoms with Crippen molar-refractivity contribution in [3.63, 3.8) is 0 Å². The zero-order valence-electron chi connectivity index (χ0n) is 13.5. The SMILES string of the molecule is C=CCOc1ccc(C(=O)N/N=C/c2ccc(O)c(Cl)c2)cc1OC. The summed E-state index contributed by atoms with van der Waals surface area (Å²) in [5, 5.41) is 13.4. The van der Waals surface area contributed by atoms with E-state index in [2.05, 4.69) is 17.1 Å². The summed E-state index contributed by atoms with van der Waals surface area (Å²) in [7, 11) is 1.49. The highest BCUT2D eigenvalue weighted by Crippen LogP contribution is 2.28. The zero-order chi connectivity index (χ0) is 18.2. The van der Waals surface area contributed by atoms with Gasteiger partial charge in [-0.25, -0.2) is 5.43 Å². The number of hydrazone groups is 1. The lowest BCUT2D eigenvalue weighted by molar-refractivity contribution is 0.0954. The molecule has 0 aliphatic rings. The molecule has 6 nitrogen and oxygen atoms in total. The molecule has 0 aliphatic heterocycles. The van der Waals surface area contributed by atoms with Crippen molar-refractivity contribution in [3.8, 4) is 17.2 Å². The molecule has 0 atom stereocenters. The summed E-state index contributed by atoms with van der Waals surface area (Å²) in [6.45, 7) is 3.91. The maximum atomic E-state index is 12.1. The summed E-state index contributed by atoms with van der Waals surface area (Å²) in [6.07, 6.45) is 3.03. The Bertz CT molecular complexity index is 806. The van der Waals surface area contributed by atoms with E-state index in [1.54, 1.807) is 30.3 Å². The van der Waals surface area contributed by atoms with E-state index in [0.29, 0.717) is 29.2 Å². The van der Waals surface area contributed by atoms with Crippen molar-refractivity contribution >= 4 is 23.7 Å². The third-order valence-electron chi connectivity index (χ3n) is 3.13. The van der Waals surface area contributed by atoms with Crippen LogP contribution in [0, 0.1) is 0 Å². The van der Waals surface area contributed by atoms with Gasteiger partial charge in [-0.2, -0.15) is 5.10 Å². The van der Waals surface area contributed by atoms with E-state index in [9.17, 15) is 9.90 Å². The van der Waals surface area contributed by atoms with Crippen molar-refractivity contribution < 1.29 is 19.4 Å². The molecule has 7 heteroatoms. The van der Waals surface area contributed by atoms with Gasteiger partial charge in [0.1, 0.15) is 12.4 Å². The summed E-state index contributed by atoms with van der Waals surface area (Å²) in [5.41, 5.74) is 3.41. The minimum Gasteiger partial charge on any atom is -0.506 e. The van der Waals surface area contributed by atoms with Gasteiger partial charge in [0.25, 0.3) is 5.91 Å². The van der Waals surface area contributed by atoms with Crippen LogP contribution in [-0.2, 0) is 0 Å². The third-order valence-corrected chi connectivity index (χ3v) is 3.44. The Hall–Kier alpha value is -2.99. The second kappa shape index (κ2) is 8.75. The molecule has 0 saturated carbocycles. The van der Waals surface area contributed by atoms with Crippen LogP contribution in [0.2, 0.25) is 5.02 Å². The van der Waals surface area contributed by atoms with Crippen molar-refractivity contribution in [2.24, 2.45) is 5.10 Å². The lowest BCUT2D eigenvalue weighted by atomic mass is 10.2. The molecule has 130 valence electrons. The van der Waals surface area contributed by atoms with Crippen LogP contribution < -0.4 is 14.9 Å². The molecule has 2 aromatic carbocycles. The Balaban J connectivity index is 2.05. The van der Waals surface area contributed by atoms with Crippen molar-refractivity contribution in [2.45, 2.75) is 0 Å². The molecule has 0 fully saturated rings. The number of carbonyl (C=O) groups is 1. The highest BCUT2D eigenvalue weighted by atomic mass is 35.5. The molecule has 2 rings (SSSR count). The van der Waals surface area contributed by atoms with Gasteiger partial charge in [0.15, 0.2) is 11.5 Å². The van der Waals surface area contributed by atoms with Crippen LogP contribution in [0.1, 0.15) is 15.9 Å². The number of methoxy groups -OCH3 is 1. The number of nitrogens with zero attached hydrogens (tertiary/aromatic N) is 1. The molecule has 25 heavy (non-hydrogen) atoms. The molecule has 0 unspecified atom stereocenters. The average molecular weight is 361 g/mol. The smallest absolute Gasteiger partial charge is 0.271 e. The molecule has 0 radical (unpaired) electrons. The molecular formula is C18H17ClN2O4. The highest BCUT2D eigenvalue weighted by molar-refractivity contribution is 6.32. The number of ether oxygens (including phenoxy) is 2. The van der Waals surface area contributed by atoms with Gasteiger partial charge < -0.3 is 14.6 Å². The van der Waals surface area contributed by atoms with Gasteiger partial charge in [0.05, 0.1) is 18.3 Å². The first kappa shape index (κ1) is 18.4. The van der Waals surface area contributed by atoms with Gasteiger partial charge >= 0.3 is 0 Å². The maximum absolute atomic E-state index is 12.1. The first-order valence-corrected chi connectivity index (χ1v) is 7.66. The second-order valence-electron chi connectivity index (χ2n) is 4.88. The predicted octanol–water partition coefficient (Wildman–Crippen LogP) is 3.38. The van der Waals surface area contributed by atoms with Crippen LogP contribution in [0.4, 0.5) is 0 Å². The molecule has 0 heterocycles. The standard InChI is InChI=1S/C18H17ClN2O4/c1-3-8-25-16-7-5-13(10-17(16)24-2)18(23)21-20-11-12-4-6-15(22)14(19)9-12/h3-7,9-11,22H,1,8H2,2H3,(H,21,23)/b20-11+. The Morgan fingerprint density at radius 2 is 2.12 bits per heavy atom. The number of benzene rings is 2. The first-order chi connectivity index (χ1) is 12.0. The Kier molecular flexibility index (Phi) is 6.42. The van der Waals surface area contributed by atoms with Crippen LogP contribution in [0.15, 0.2) is 54.2 Å². The van der Waals surface area contributed by atoms with E-state index in [0.717, 1.165) is 0 Å². The summed E-state index contributed by atoms with van der Waals surface area (Å²) >= 11 is 5.80. The lowest BCUT2D eigenvalue weighted by Gasteiger charge is -2.10. The quantitative estimate of drug-likeness (QED) is 0.450. The maximum Gasteiger partial charge on any atom is 0.271 e. The van der Waals surface area contributed by atoms with Gasteiger partial charge in [-0.15, -0.1) is 0 Å². The van der Waals surface area contributed by atoms with Crippen LogP contribution in [-0.4, -0.2) is 30.9 Å². The molecule has 0 spiro atoms. The predicted molar refractivity (Wildman–Crippen MR) is 96.9 cm³/mol. The van der Waals surface area contributed by atoms with E-state index < -0.39 is 5.91 Å². The van der Waals surface area contributed by atoms with Gasteiger partial charge in [0.2, 0.25) is 0 Å². The molecule has 1 amide bonds. The minimum atomic E-state index is -0.408. The highest BCUT2D eigenvalue weighted by Gasteiger charge is 2.10. The number of aromatic hydroxyl groups is 1. The van der Waals surface area contributed by atoms with Crippen LogP contribution >= 0.6 is 11.6 Å². The number of nitrogens with one attached hydrogen (secondary N) is 1. The van der Waals surface area contributed by atoms with Gasteiger partial charge in [-0.3, -0.25) is 4.79 Å². The molecule has 0 aliphatic carbocycles. The van der Waals surface area contributed by atoms with Crippen LogP contribution in [0.3, 0.4) is 0 Å². The van der Waals surface area contributed by atoms with E-state index in [-0.39, 0.29) is 10.8 Å². The number of hydrogen-bond donors (Lipinski definition) is 2. The summed E-state index contributed by atoms with van der Waals surface area (Å²) in [6, 6.07) is 9.38. The molecule has 2 aromatic rings. The minimum absolute atomic E-state index is 0.0197. The fraction of sp³-hybridized carbons (Fsp3) is 0.111. The Labute approximate surface area is 150 Å². The molecule has 0 saturated heterocycles. The molecule has 0 bridgehead atoms. The number of amides is 1. The largest absolute Gasteiger partial charge is 0.506 e. The molecular weight excluding hydrogens is 344 g/mol. The van der Waals surface area contributed by atoms with Crippen molar-refractivity contribution in [1.29, 1.82) is 0 Å². The van der Waals surface area contributed by atoms with Gasteiger partial charge in [-0.1, -0.05) is 24.3 Å². The average Bonchev–Trinajstić information content (AvgIpc) is 2.62. The number of carbonyl (C=O) groups excluding carboxylic acids is 1. The molecule has 0 aromatic heterocycles. The zero-order valence-corrected chi connectivity index (χ0v) is 14.3. The van der Waals surface area contributed by atoms with Gasteiger partial charge in [0, 0.05) is 5.56 Å². The lowest BCUT2D eigenvalue weighted by Crippen LogP contribution is -2.17. The van der Waals surface area contributed by atoms with Crippen LogP contribution in [0.25, 0.3) is 0 Å². The van der Waals surface area contributed by atoms with Crippen LogP contribution in [0.5, 0.6) is 17.2 Å². The van der Waals surface area contributed by atoms with E-state index in [4.69, 9.17) is 21.1 Å². The Morgan fingerprint density at radius 1 is 1.32 bits per heavy atom. The summed E-state index contributed by atoms with van der Waals surface area (Å²) in [5.74, 6) is 0.522. The Morgan fingerprint density at radius 3 is 2.80 bits per heavy atom. The second-order valence-corrected chi connectivity index (χ2v) is 5.28. The van der Waals surface area contributed by atoms with Gasteiger partial charge in [-0.05, 0) is 42.0 Å². The fourth-order valence-electron chi connectivity index (χ4n) is 1.91. The summed E-state index contributed by atoms with van der Waals surface area (Å²) in [4.78, 5) is 12.1. The van der Waals surface area contributed by atoms with E-state index >= 15 is 0 Å². The van der Waals surface area contributed by atoms with Crippen molar-refractivity contribution in [2.75, 3.05) is 13.7 Å². The van der Waals surface area contributed by atoms with E-state index in [1.807, 2.05) is 0 Å². The third kappa shape index (κ3) is 4.99. The van der Waals surface area contributed by atoms with Crippen molar-refractivity contribution in [3.05, 3.63) is 65.2 Å². The first-order valence-electron chi connectivity index (χ1n) is 7.28. The molecule has 2 N–H and O–H groups in total.